The average molecular weight is 567 g/mol. The van der Waals surface area contributed by atoms with Crippen LogP contribution in [-0.2, 0) is 12.8 Å². The zero-order valence-electron chi connectivity index (χ0n) is 24.5. The number of hydrogen-bond donors (Lipinski definition) is 0. The second-order valence-electron chi connectivity index (χ2n) is 10.1. The molecule has 0 saturated carbocycles. The van der Waals surface area contributed by atoms with Crippen LogP contribution in [0.3, 0.4) is 0 Å². The van der Waals surface area contributed by atoms with Crippen LogP contribution < -0.4 is 19.8 Å². The maximum absolute atomic E-state index is 14.0. The summed E-state index contributed by atoms with van der Waals surface area (Å²) < 4.78 is 23.1. The third-order valence-electron chi connectivity index (χ3n) is 6.76. The van der Waals surface area contributed by atoms with E-state index >= 15 is 0 Å². The van der Waals surface area contributed by atoms with Gasteiger partial charge in [-0.1, -0.05) is 67.0 Å². The minimum atomic E-state index is -0.150. The average Bonchev–Trinajstić information content (AvgIpc) is 3.49. The van der Waals surface area contributed by atoms with Gasteiger partial charge in [0, 0.05) is 17.5 Å². The summed E-state index contributed by atoms with van der Waals surface area (Å²) in [6, 6.07) is 23.6. The molecule has 0 spiro atoms. The van der Waals surface area contributed by atoms with Crippen molar-refractivity contribution in [2.45, 2.75) is 46.1 Å². The van der Waals surface area contributed by atoms with E-state index in [4.69, 9.17) is 23.7 Å². The molecule has 0 aliphatic carbocycles. The molecular formula is C33H34N4O5. The van der Waals surface area contributed by atoms with Gasteiger partial charge in [-0.05, 0) is 61.2 Å². The lowest BCUT2D eigenvalue weighted by atomic mass is 9.96. The monoisotopic (exact) mass is 566 g/mol. The van der Waals surface area contributed by atoms with E-state index in [-0.39, 0.29) is 23.8 Å². The Hall–Kier alpha value is -4.92. The summed E-state index contributed by atoms with van der Waals surface area (Å²) in [6.45, 7) is 6.02. The number of methoxy groups -OCH3 is 2. The van der Waals surface area contributed by atoms with Crippen LogP contribution in [-0.4, -0.2) is 40.0 Å². The van der Waals surface area contributed by atoms with Gasteiger partial charge in [-0.2, -0.15) is 4.98 Å². The molecule has 0 amide bonds. The van der Waals surface area contributed by atoms with Crippen molar-refractivity contribution >= 4 is 0 Å². The Kier molecular flexibility index (Phi) is 8.66. The van der Waals surface area contributed by atoms with Gasteiger partial charge in [0.15, 0.2) is 0 Å². The van der Waals surface area contributed by atoms with E-state index in [1.165, 1.54) is 18.8 Å². The van der Waals surface area contributed by atoms with Gasteiger partial charge in [0.1, 0.15) is 5.75 Å². The fourth-order valence-electron chi connectivity index (χ4n) is 4.85. The molecule has 0 aliphatic heterocycles. The number of ether oxygens (including phenoxy) is 3. The third-order valence-corrected chi connectivity index (χ3v) is 6.76. The van der Waals surface area contributed by atoms with Crippen molar-refractivity contribution in [2.75, 3.05) is 14.2 Å². The summed E-state index contributed by atoms with van der Waals surface area (Å²) in [7, 11) is 3.02. The molecule has 0 atom stereocenters. The zero-order valence-corrected chi connectivity index (χ0v) is 24.5. The summed E-state index contributed by atoms with van der Waals surface area (Å²) in [6.07, 6.45) is 2.12. The molecule has 0 bridgehead atoms. The van der Waals surface area contributed by atoms with Crippen LogP contribution in [0, 0.1) is 0 Å². The van der Waals surface area contributed by atoms with Crippen molar-refractivity contribution in [3.8, 4) is 46.0 Å². The number of nitrogens with zero attached hydrogens (tertiary/aromatic N) is 4. The van der Waals surface area contributed by atoms with Crippen LogP contribution in [0.1, 0.15) is 44.0 Å². The minimum absolute atomic E-state index is 0.0528. The number of hydrogen-bond acceptors (Lipinski definition) is 8. The van der Waals surface area contributed by atoms with E-state index in [1.807, 2.05) is 86.6 Å². The summed E-state index contributed by atoms with van der Waals surface area (Å²) in [5.74, 6) is 1.18. The van der Waals surface area contributed by atoms with Crippen molar-refractivity contribution in [2.24, 2.45) is 0 Å². The van der Waals surface area contributed by atoms with Gasteiger partial charge in [0.05, 0.1) is 31.7 Å². The van der Waals surface area contributed by atoms with Crippen LogP contribution in [0.4, 0.5) is 0 Å². The second-order valence-corrected chi connectivity index (χ2v) is 10.1. The quantitative estimate of drug-likeness (QED) is 0.184. The van der Waals surface area contributed by atoms with Crippen molar-refractivity contribution in [1.82, 2.24) is 19.7 Å². The summed E-state index contributed by atoms with van der Waals surface area (Å²) >= 11 is 0. The van der Waals surface area contributed by atoms with E-state index in [9.17, 15) is 4.79 Å². The molecule has 3 aromatic carbocycles. The smallest absolute Gasteiger partial charge is 0.417 e. The van der Waals surface area contributed by atoms with E-state index in [2.05, 4.69) is 17.1 Å². The van der Waals surface area contributed by atoms with E-state index in [1.54, 1.807) is 0 Å². The molecule has 0 saturated heterocycles. The topological polar surface area (TPSA) is 102 Å². The molecular weight excluding hydrogens is 532 g/mol. The van der Waals surface area contributed by atoms with Crippen molar-refractivity contribution < 1.29 is 18.7 Å². The number of aromatic nitrogens is 4. The first-order valence-electron chi connectivity index (χ1n) is 13.9. The van der Waals surface area contributed by atoms with Gasteiger partial charge in [-0.3, -0.25) is 9.32 Å². The maximum Gasteiger partial charge on any atom is 0.417 e. The summed E-state index contributed by atoms with van der Waals surface area (Å²) in [5, 5.41) is 4.05. The Labute approximate surface area is 244 Å². The maximum atomic E-state index is 14.0. The van der Waals surface area contributed by atoms with Gasteiger partial charge in [-0.15, -0.1) is 0 Å². The minimum Gasteiger partial charge on any atom is -0.491 e. The van der Waals surface area contributed by atoms with Crippen molar-refractivity contribution in [1.29, 1.82) is 0 Å². The number of aryl methyl sites for hydroxylation is 1. The first-order chi connectivity index (χ1) is 20.4. The predicted octanol–water partition coefficient (Wildman–Crippen LogP) is 6.30. The Morgan fingerprint density at radius 2 is 1.60 bits per heavy atom. The molecule has 5 rings (SSSR count). The SMILES string of the molecule is CCCc1nc(OC)n(-c2ccc(OC(C)C)cc2)c(=O)c1Cc1ccc(-c2ccccc2-c2noc(OC)n2)cc1. The first-order valence-corrected chi connectivity index (χ1v) is 13.9. The third kappa shape index (κ3) is 6.05. The summed E-state index contributed by atoms with van der Waals surface area (Å²) in [4.78, 5) is 23.1. The molecule has 42 heavy (non-hydrogen) atoms. The Bertz CT molecular complexity index is 1710. The highest BCUT2D eigenvalue weighted by molar-refractivity contribution is 5.80. The lowest BCUT2D eigenvalue weighted by molar-refractivity contribution is 0.242. The molecule has 216 valence electrons. The standard InChI is InChI=1S/C33H34N4O5/c1-6-9-29-28(31(38)37(32(34-29)39-4)24-16-18-25(19-17-24)41-21(2)3)20-22-12-14-23(15-13-22)26-10-7-8-11-27(26)30-35-33(40-5)42-36-30/h7-8,10-19,21H,6,9,20H2,1-5H3. The normalized spacial score (nSPS) is 11.1. The molecule has 0 N–H and O–H groups in total. The largest absolute Gasteiger partial charge is 0.491 e. The van der Waals surface area contributed by atoms with Gasteiger partial charge < -0.3 is 14.2 Å². The zero-order chi connectivity index (χ0) is 29.6. The molecule has 5 aromatic rings. The van der Waals surface area contributed by atoms with Crippen LogP contribution in [0.5, 0.6) is 17.8 Å². The Balaban J connectivity index is 1.49. The molecule has 9 heteroatoms. The van der Waals surface area contributed by atoms with E-state index < -0.39 is 0 Å². The van der Waals surface area contributed by atoms with Crippen LogP contribution in [0.2, 0.25) is 0 Å². The lowest BCUT2D eigenvalue weighted by Gasteiger charge is -2.17. The fraction of sp³-hybridized carbons (Fsp3) is 0.273. The highest BCUT2D eigenvalue weighted by atomic mass is 16.6. The molecule has 9 nitrogen and oxygen atoms in total. The summed E-state index contributed by atoms with van der Waals surface area (Å²) in [5.41, 5.74) is 5.67. The van der Waals surface area contributed by atoms with Gasteiger partial charge in [0.2, 0.25) is 5.82 Å². The molecule has 0 radical (unpaired) electrons. The highest BCUT2D eigenvalue weighted by Crippen LogP contribution is 2.31. The van der Waals surface area contributed by atoms with Crippen LogP contribution in [0.15, 0.2) is 82.1 Å². The predicted molar refractivity (Wildman–Crippen MR) is 161 cm³/mol. The number of rotatable bonds is 11. The molecule has 2 aromatic heterocycles. The fourth-order valence-corrected chi connectivity index (χ4v) is 4.85. The first kappa shape index (κ1) is 28.6. The van der Waals surface area contributed by atoms with Gasteiger partial charge in [-0.25, -0.2) is 9.55 Å². The van der Waals surface area contributed by atoms with E-state index in [0.717, 1.165) is 40.1 Å². The molecule has 2 heterocycles. The lowest BCUT2D eigenvalue weighted by Crippen LogP contribution is -2.27. The van der Waals surface area contributed by atoms with Crippen molar-refractivity contribution in [3.05, 3.63) is 100.0 Å². The molecule has 0 aliphatic rings. The van der Waals surface area contributed by atoms with Crippen LogP contribution in [0.25, 0.3) is 28.2 Å². The van der Waals surface area contributed by atoms with Gasteiger partial charge >= 0.3 is 12.1 Å². The van der Waals surface area contributed by atoms with E-state index in [0.29, 0.717) is 29.9 Å². The second kappa shape index (κ2) is 12.7. The number of benzene rings is 3. The van der Waals surface area contributed by atoms with Gasteiger partial charge in [0.25, 0.3) is 5.56 Å². The molecule has 0 fully saturated rings. The Morgan fingerprint density at radius 3 is 2.21 bits per heavy atom. The Morgan fingerprint density at radius 1 is 0.881 bits per heavy atom. The molecule has 0 unspecified atom stereocenters. The van der Waals surface area contributed by atoms with Crippen LogP contribution >= 0.6 is 0 Å². The van der Waals surface area contributed by atoms with Crippen molar-refractivity contribution in [3.63, 3.8) is 0 Å². The highest BCUT2D eigenvalue weighted by Gasteiger charge is 2.19.